The molecule has 0 saturated carbocycles. The fourth-order valence-corrected chi connectivity index (χ4v) is 2.97. The Morgan fingerprint density at radius 3 is 2.21 bits per heavy atom. The lowest BCUT2D eigenvalue weighted by molar-refractivity contribution is -0.138. The number of carbonyl (C=O) groups excluding carboxylic acids is 1. The number of rotatable bonds is 4. The Morgan fingerprint density at radius 1 is 1.09 bits per heavy atom. The molecule has 0 aliphatic heterocycles. The standard InChI is InChI=1S/C21H13F6N3O3/c1-9-3-12(22)15(30-8-10(7-28)17(29)18(30)20(31)32-2)6-16(9)33-19-13(23)4-11(5-14(19)24)21(25,26)27/h3-6,8H,29H2,1-2H3. The van der Waals surface area contributed by atoms with Crippen molar-refractivity contribution in [3.8, 4) is 23.3 Å². The first-order valence-corrected chi connectivity index (χ1v) is 8.92. The van der Waals surface area contributed by atoms with E-state index in [4.69, 9.17) is 10.5 Å². The van der Waals surface area contributed by atoms with Gasteiger partial charge in [-0.05, 0) is 30.7 Å². The highest BCUT2D eigenvalue weighted by molar-refractivity contribution is 5.96. The number of nitrogen functional groups attached to an aromatic ring is 1. The van der Waals surface area contributed by atoms with Crippen LogP contribution in [-0.2, 0) is 10.9 Å². The Kier molecular flexibility index (Phi) is 6.00. The van der Waals surface area contributed by atoms with Crippen LogP contribution < -0.4 is 10.5 Å². The van der Waals surface area contributed by atoms with Crippen LogP contribution in [0.1, 0.15) is 27.2 Å². The number of carbonyl (C=O) groups is 1. The van der Waals surface area contributed by atoms with Gasteiger partial charge in [-0.1, -0.05) is 0 Å². The van der Waals surface area contributed by atoms with Crippen molar-refractivity contribution in [2.24, 2.45) is 0 Å². The number of halogens is 6. The maximum absolute atomic E-state index is 14.8. The highest BCUT2D eigenvalue weighted by Gasteiger charge is 2.33. The monoisotopic (exact) mass is 469 g/mol. The lowest BCUT2D eigenvalue weighted by Crippen LogP contribution is -2.12. The fourth-order valence-electron chi connectivity index (χ4n) is 2.97. The van der Waals surface area contributed by atoms with Gasteiger partial charge in [-0.3, -0.25) is 0 Å². The first-order chi connectivity index (χ1) is 15.4. The molecule has 0 radical (unpaired) electrons. The molecule has 6 nitrogen and oxygen atoms in total. The number of esters is 1. The topological polar surface area (TPSA) is 90.3 Å². The van der Waals surface area contributed by atoms with Crippen molar-refractivity contribution >= 4 is 11.7 Å². The normalized spacial score (nSPS) is 11.2. The molecule has 0 amide bonds. The molecule has 33 heavy (non-hydrogen) atoms. The van der Waals surface area contributed by atoms with Gasteiger partial charge in [-0.2, -0.15) is 18.4 Å². The third kappa shape index (κ3) is 4.30. The van der Waals surface area contributed by atoms with E-state index in [-0.39, 0.29) is 34.7 Å². The SMILES string of the molecule is COC(=O)c1c(N)c(C#N)cn1-c1cc(Oc2c(F)cc(C(F)(F)F)cc2F)c(C)cc1F. The molecule has 12 heteroatoms. The first kappa shape index (κ1) is 23.5. The zero-order valence-corrected chi connectivity index (χ0v) is 16.9. The zero-order valence-electron chi connectivity index (χ0n) is 16.9. The van der Waals surface area contributed by atoms with Crippen molar-refractivity contribution in [3.05, 3.63) is 70.3 Å². The van der Waals surface area contributed by atoms with Crippen molar-refractivity contribution in [1.29, 1.82) is 5.26 Å². The molecule has 0 spiro atoms. The van der Waals surface area contributed by atoms with Crippen LogP contribution in [0.25, 0.3) is 5.69 Å². The van der Waals surface area contributed by atoms with E-state index in [9.17, 15) is 36.4 Å². The number of nitriles is 1. The summed E-state index contributed by atoms with van der Waals surface area (Å²) in [5.74, 6) is -6.71. The van der Waals surface area contributed by atoms with Gasteiger partial charge < -0.3 is 19.8 Å². The highest BCUT2D eigenvalue weighted by Crippen LogP contribution is 2.37. The van der Waals surface area contributed by atoms with Gasteiger partial charge in [0.25, 0.3) is 0 Å². The molecule has 0 saturated heterocycles. The van der Waals surface area contributed by atoms with Crippen LogP contribution >= 0.6 is 0 Å². The van der Waals surface area contributed by atoms with Crippen molar-refractivity contribution in [3.63, 3.8) is 0 Å². The largest absolute Gasteiger partial charge is 0.464 e. The van der Waals surface area contributed by atoms with E-state index in [1.807, 2.05) is 0 Å². The van der Waals surface area contributed by atoms with Crippen LogP contribution in [0.5, 0.6) is 11.5 Å². The predicted octanol–water partition coefficient (Wildman–Crippen LogP) is 5.25. The molecule has 0 aliphatic rings. The molecule has 172 valence electrons. The molecule has 3 rings (SSSR count). The molecule has 0 bridgehead atoms. The summed E-state index contributed by atoms with van der Waals surface area (Å²) in [6, 6.07) is 3.67. The van der Waals surface area contributed by atoms with Crippen LogP contribution in [0.3, 0.4) is 0 Å². The number of alkyl halides is 3. The van der Waals surface area contributed by atoms with E-state index in [2.05, 4.69) is 4.74 Å². The third-order valence-corrected chi connectivity index (χ3v) is 4.59. The molecular weight excluding hydrogens is 456 g/mol. The minimum absolute atomic E-state index is 0.0233. The smallest absolute Gasteiger partial charge is 0.416 e. The summed E-state index contributed by atoms with van der Waals surface area (Å²) in [4.78, 5) is 12.1. The number of methoxy groups -OCH3 is 1. The number of anilines is 1. The second kappa shape index (κ2) is 8.42. The van der Waals surface area contributed by atoms with Gasteiger partial charge in [0.05, 0.1) is 29.6 Å². The lowest BCUT2D eigenvalue weighted by Gasteiger charge is -2.16. The van der Waals surface area contributed by atoms with Crippen molar-refractivity contribution < 1.29 is 40.6 Å². The number of ether oxygens (including phenoxy) is 2. The Hall–Kier alpha value is -4.14. The number of nitrogens with zero attached hydrogens (tertiary/aromatic N) is 2. The predicted molar refractivity (Wildman–Crippen MR) is 102 cm³/mol. The average molecular weight is 469 g/mol. The first-order valence-electron chi connectivity index (χ1n) is 8.92. The molecule has 0 aliphatic carbocycles. The Bertz CT molecular complexity index is 1290. The third-order valence-electron chi connectivity index (χ3n) is 4.59. The van der Waals surface area contributed by atoms with Gasteiger partial charge in [0.2, 0.25) is 0 Å². The quantitative estimate of drug-likeness (QED) is 0.416. The van der Waals surface area contributed by atoms with Crippen LogP contribution in [0.15, 0.2) is 30.5 Å². The number of benzene rings is 2. The molecule has 2 aromatic carbocycles. The van der Waals surface area contributed by atoms with Gasteiger partial charge >= 0.3 is 12.1 Å². The molecule has 1 heterocycles. The van der Waals surface area contributed by atoms with E-state index < -0.39 is 52.3 Å². The number of aromatic nitrogens is 1. The maximum Gasteiger partial charge on any atom is 0.416 e. The fraction of sp³-hybridized carbons (Fsp3) is 0.143. The van der Waals surface area contributed by atoms with E-state index in [1.54, 1.807) is 6.07 Å². The summed E-state index contributed by atoms with van der Waals surface area (Å²) >= 11 is 0. The van der Waals surface area contributed by atoms with Crippen LogP contribution in [0.2, 0.25) is 0 Å². The summed E-state index contributed by atoms with van der Waals surface area (Å²) in [6.45, 7) is 1.31. The zero-order chi connectivity index (χ0) is 24.7. The van der Waals surface area contributed by atoms with Gasteiger partial charge in [-0.25, -0.2) is 18.0 Å². The Labute approximate surface area is 182 Å². The summed E-state index contributed by atoms with van der Waals surface area (Å²) in [6.07, 6.45) is -3.95. The molecular formula is C21H13F6N3O3. The number of hydrogen-bond acceptors (Lipinski definition) is 5. The molecule has 3 aromatic rings. The van der Waals surface area contributed by atoms with Crippen LogP contribution in [-0.4, -0.2) is 17.6 Å². The van der Waals surface area contributed by atoms with Gasteiger partial charge in [0, 0.05) is 12.3 Å². The summed E-state index contributed by atoms with van der Waals surface area (Å²) < 4.78 is 92.1. The van der Waals surface area contributed by atoms with Gasteiger partial charge in [0.15, 0.2) is 23.1 Å². The highest BCUT2D eigenvalue weighted by atomic mass is 19.4. The average Bonchev–Trinajstić information content (AvgIpc) is 3.06. The minimum Gasteiger partial charge on any atom is -0.464 e. The summed E-state index contributed by atoms with van der Waals surface area (Å²) in [5, 5.41) is 9.18. The lowest BCUT2D eigenvalue weighted by atomic mass is 10.1. The van der Waals surface area contributed by atoms with Gasteiger partial charge in [-0.15, -0.1) is 0 Å². The van der Waals surface area contributed by atoms with Gasteiger partial charge in [0.1, 0.15) is 17.6 Å². The minimum atomic E-state index is -4.99. The second-order valence-electron chi connectivity index (χ2n) is 6.72. The van der Waals surface area contributed by atoms with E-state index in [0.29, 0.717) is 0 Å². The molecule has 1 aromatic heterocycles. The van der Waals surface area contributed by atoms with Crippen molar-refractivity contribution in [1.82, 2.24) is 4.57 Å². The Morgan fingerprint density at radius 2 is 1.70 bits per heavy atom. The molecule has 0 fully saturated rings. The number of hydrogen-bond donors (Lipinski definition) is 1. The summed E-state index contributed by atoms with van der Waals surface area (Å²) in [5.41, 5.74) is 2.95. The number of aryl methyl sites for hydroxylation is 1. The van der Waals surface area contributed by atoms with Crippen LogP contribution in [0.4, 0.5) is 32.0 Å². The second-order valence-corrected chi connectivity index (χ2v) is 6.72. The maximum atomic E-state index is 14.8. The molecule has 2 N–H and O–H groups in total. The summed E-state index contributed by atoms with van der Waals surface area (Å²) in [7, 11) is 1.03. The van der Waals surface area contributed by atoms with E-state index in [0.717, 1.165) is 30.0 Å². The molecule has 0 unspecified atom stereocenters. The van der Waals surface area contributed by atoms with E-state index in [1.165, 1.54) is 6.92 Å². The van der Waals surface area contributed by atoms with Crippen molar-refractivity contribution in [2.45, 2.75) is 13.1 Å². The Balaban J connectivity index is 2.16. The molecule has 0 atom stereocenters. The van der Waals surface area contributed by atoms with Crippen LogP contribution in [0, 0.1) is 35.7 Å². The van der Waals surface area contributed by atoms with E-state index >= 15 is 0 Å². The van der Waals surface area contributed by atoms with Crippen molar-refractivity contribution in [2.75, 3.05) is 12.8 Å². The number of nitrogens with two attached hydrogens (primary N) is 1.